The summed E-state index contributed by atoms with van der Waals surface area (Å²) in [7, 11) is 1.45. The summed E-state index contributed by atoms with van der Waals surface area (Å²) in [6, 6.07) is 7.70. The average Bonchev–Trinajstić information content (AvgIpc) is 2.57. The van der Waals surface area contributed by atoms with E-state index < -0.39 is 12.3 Å². The van der Waals surface area contributed by atoms with E-state index in [-0.39, 0.29) is 5.03 Å². The number of ether oxygens (including phenoxy) is 2. The molecule has 0 spiro atoms. The highest BCUT2D eigenvalue weighted by molar-refractivity contribution is 6.42. The molecule has 1 aromatic rings. The van der Waals surface area contributed by atoms with Crippen molar-refractivity contribution in [3.05, 3.63) is 40.6 Å². The predicted molar refractivity (Wildman–Crippen MR) is 64.6 cm³/mol. The summed E-state index contributed by atoms with van der Waals surface area (Å²) in [5, 5.41) is 3.07. The summed E-state index contributed by atoms with van der Waals surface area (Å²) in [6.07, 6.45) is -0.768. The lowest BCUT2D eigenvalue weighted by atomic mass is 10.2. The van der Waals surface area contributed by atoms with Gasteiger partial charge in [0.25, 0.3) is 0 Å². The first kappa shape index (κ1) is 12.0. The van der Waals surface area contributed by atoms with Crippen molar-refractivity contribution in [1.29, 1.82) is 0 Å². The molecular formula is C12H12ClNO3. The molecule has 0 saturated heterocycles. The van der Waals surface area contributed by atoms with E-state index >= 15 is 0 Å². The van der Waals surface area contributed by atoms with Gasteiger partial charge in [-0.15, -0.1) is 0 Å². The third kappa shape index (κ3) is 2.43. The minimum Gasteiger partial charge on any atom is -0.425 e. The number of halogens is 1. The average molecular weight is 254 g/mol. The van der Waals surface area contributed by atoms with Crippen molar-refractivity contribution in [1.82, 2.24) is 0 Å². The minimum atomic E-state index is -0.768. The summed E-state index contributed by atoms with van der Waals surface area (Å²) in [5.74, 6) is -0.575. The topological polar surface area (TPSA) is 47.6 Å². The summed E-state index contributed by atoms with van der Waals surface area (Å²) in [5.41, 5.74) is 2.37. The van der Waals surface area contributed by atoms with Crippen molar-refractivity contribution in [2.75, 3.05) is 12.4 Å². The van der Waals surface area contributed by atoms with Gasteiger partial charge in [0.1, 0.15) is 5.70 Å². The van der Waals surface area contributed by atoms with E-state index in [1.54, 1.807) is 0 Å². The van der Waals surface area contributed by atoms with Gasteiger partial charge in [0.2, 0.25) is 6.29 Å². The molecule has 1 atom stereocenters. The summed E-state index contributed by atoms with van der Waals surface area (Å²) < 4.78 is 9.93. The maximum Gasteiger partial charge on any atom is 0.354 e. The van der Waals surface area contributed by atoms with E-state index in [9.17, 15) is 4.79 Å². The van der Waals surface area contributed by atoms with Gasteiger partial charge in [-0.2, -0.15) is 0 Å². The summed E-state index contributed by atoms with van der Waals surface area (Å²) in [6.45, 7) is 1.98. The lowest BCUT2D eigenvalue weighted by molar-refractivity contribution is -0.155. The Hall–Kier alpha value is -1.52. The Labute approximate surface area is 104 Å². The highest BCUT2D eigenvalue weighted by atomic mass is 35.5. The number of methoxy groups -OCH3 is 1. The first-order chi connectivity index (χ1) is 8.11. The highest BCUT2D eigenvalue weighted by Gasteiger charge is 2.33. The third-order valence-corrected chi connectivity index (χ3v) is 2.73. The van der Waals surface area contributed by atoms with E-state index in [1.807, 2.05) is 31.2 Å². The number of carbonyl (C=O) groups is 1. The predicted octanol–water partition coefficient (Wildman–Crippen LogP) is 2.39. The zero-order chi connectivity index (χ0) is 12.4. The van der Waals surface area contributed by atoms with Crippen LogP contribution >= 0.6 is 11.6 Å². The van der Waals surface area contributed by atoms with Crippen molar-refractivity contribution < 1.29 is 14.3 Å². The number of cyclic esters (lactones) is 1. The van der Waals surface area contributed by atoms with E-state index in [4.69, 9.17) is 21.1 Å². The lowest BCUT2D eigenvalue weighted by Gasteiger charge is -2.14. The number of anilines is 1. The molecule has 0 amide bonds. The van der Waals surface area contributed by atoms with Gasteiger partial charge < -0.3 is 14.8 Å². The first-order valence-corrected chi connectivity index (χ1v) is 5.46. The van der Waals surface area contributed by atoms with Gasteiger partial charge >= 0.3 is 5.97 Å². The molecule has 1 aromatic carbocycles. The molecule has 0 radical (unpaired) electrons. The fourth-order valence-electron chi connectivity index (χ4n) is 1.58. The second-order valence-corrected chi connectivity index (χ2v) is 4.07. The number of rotatable bonds is 3. The van der Waals surface area contributed by atoms with E-state index in [0.717, 1.165) is 11.3 Å². The zero-order valence-electron chi connectivity index (χ0n) is 9.49. The Morgan fingerprint density at radius 3 is 2.88 bits per heavy atom. The van der Waals surface area contributed by atoms with E-state index in [1.165, 1.54) is 7.11 Å². The largest absolute Gasteiger partial charge is 0.425 e. The molecule has 0 fully saturated rings. The molecular weight excluding hydrogens is 242 g/mol. The Morgan fingerprint density at radius 2 is 2.24 bits per heavy atom. The molecule has 4 nitrogen and oxygen atoms in total. The smallest absolute Gasteiger partial charge is 0.354 e. The van der Waals surface area contributed by atoms with E-state index in [0.29, 0.717) is 5.70 Å². The normalized spacial score (nSPS) is 19.5. The molecule has 0 aromatic heterocycles. The fourth-order valence-corrected chi connectivity index (χ4v) is 1.76. The Kier molecular flexibility index (Phi) is 3.36. The Morgan fingerprint density at radius 1 is 1.47 bits per heavy atom. The standard InChI is InChI=1S/C12H12ClNO3/c1-7-4-3-5-8(6-7)14-10-9(13)11(15)17-12(10)16-2/h3-6,12,14H,1-2H3/t12-/m1/s1. The van der Waals surface area contributed by atoms with Crippen LogP contribution in [0, 0.1) is 6.92 Å². The number of nitrogens with one attached hydrogen (secondary N) is 1. The van der Waals surface area contributed by atoms with Crippen LogP contribution in [0.3, 0.4) is 0 Å². The zero-order valence-corrected chi connectivity index (χ0v) is 10.2. The number of benzene rings is 1. The summed E-state index contributed by atoms with van der Waals surface area (Å²) >= 11 is 5.85. The maximum atomic E-state index is 11.3. The van der Waals surface area contributed by atoms with Crippen LogP contribution in [0.1, 0.15) is 5.56 Å². The Balaban J connectivity index is 2.25. The van der Waals surface area contributed by atoms with Crippen molar-refractivity contribution in [3.63, 3.8) is 0 Å². The van der Waals surface area contributed by atoms with E-state index in [2.05, 4.69) is 5.32 Å². The molecule has 0 aliphatic carbocycles. The van der Waals surface area contributed by atoms with Crippen LogP contribution in [0.2, 0.25) is 0 Å². The van der Waals surface area contributed by atoms with Gasteiger partial charge in [0, 0.05) is 12.8 Å². The van der Waals surface area contributed by atoms with Crippen molar-refractivity contribution >= 4 is 23.3 Å². The molecule has 1 aliphatic rings. The molecule has 0 saturated carbocycles. The number of hydrogen-bond acceptors (Lipinski definition) is 4. The molecule has 0 unspecified atom stereocenters. The van der Waals surface area contributed by atoms with Crippen LogP contribution in [-0.2, 0) is 14.3 Å². The molecule has 0 bridgehead atoms. The highest BCUT2D eigenvalue weighted by Crippen LogP contribution is 2.27. The van der Waals surface area contributed by atoms with Gasteiger partial charge in [0.15, 0.2) is 5.03 Å². The number of hydrogen-bond donors (Lipinski definition) is 1. The van der Waals surface area contributed by atoms with Crippen molar-refractivity contribution in [3.8, 4) is 0 Å². The molecule has 90 valence electrons. The van der Waals surface area contributed by atoms with Crippen LogP contribution in [0.15, 0.2) is 35.0 Å². The maximum absolute atomic E-state index is 11.3. The summed E-state index contributed by atoms with van der Waals surface area (Å²) in [4.78, 5) is 11.3. The van der Waals surface area contributed by atoms with Gasteiger partial charge in [-0.05, 0) is 24.6 Å². The second-order valence-electron chi connectivity index (χ2n) is 3.70. The molecule has 1 heterocycles. The fraction of sp³-hybridized carbons (Fsp3) is 0.250. The second kappa shape index (κ2) is 4.77. The van der Waals surface area contributed by atoms with Gasteiger partial charge in [-0.3, -0.25) is 0 Å². The van der Waals surface area contributed by atoms with Gasteiger partial charge in [-0.25, -0.2) is 4.79 Å². The van der Waals surface area contributed by atoms with Crippen LogP contribution in [0.4, 0.5) is 5.69 Å². The lowest BCUT2D eigenvalue weighted by Crippen LogP contribution is -2.18. The van der Waals surface area contributed by atoms with Crippen molar-refractivity contribution in [2.45, 2.75) is 13.2 Å². The molecule has 2 rings (SSSR count). The van der Waals surface area contributed by atoms with Crippen LogP contribution in [0.25, 0.3) is 0 Å². The third-order valence-electron chi connectivity index (χ3n) is 2.38. The monoisotopic (exact) mass is 253 g/mol. The van der Waals surface area contributed by atoms with Crippen LogP contribution in [-0.4, -0.2) is 19.4 Å². The number of esters is 1. The molecule has 17 heavy (non-hydrogen) atoms. The SMILES string of the molecule is CO[C@@H]1OC(=O)C(Cl)=C1Nc1cccc(C)c1. The Bertz CT molecular complexity index is 484. The van der Waals surface area contributed by atoms with Crippen molar-refractivity contribution in [2.24, 2.45) is 0 Å². The number of aryl methyl sites for hydroxylation is 1. The van der Waals surface area contributed by atoms with Gasteiger partial charge in [-0.1, -0.05) is 23.7 Å². The first-order valence-electron chi connectivity index (χ1n) is 5.09. The molecule has 1 aliphatic heterocycles. The molecule has 1 N–H and O–H groups in total. The number of carbonyl (C=O) groups excluding carboxylic acids is 1. The van der Waals surface area contributed by atoms with Crippen LogP contribution in [0.5, 0.6) is 0 Å². The quantitative estimate of drug-likeness (QED) is 0.841. The van der Waals surface area contributed by atoms with Crippen LogP contribution < -0.4 is 5.32 Å². The van der Waals surface area contributed by atoms with Gasteiger partial charge in [0.05, 0.1) is 0 Å². The molecule has 5 heteroatoms. The minimum absolute atomic E-state index is 0.0263.